The van der Waals surface area contributed by atoms with E-state index in [0.29, 0.717) is 6.04 Å². The van der Waals surface area contributed by atoms with Crippen molar-refractivity contribution >= 4 is 16.5 Å². The van der Waals surface area contributed by atoms with Crippen LogP contribution in [-0.4, -0.2) is 11.0 Å². The van der Waals surface area contributed by atoms with E-state index in [1.165, 1.54) is 48.6 Å². The SMILES string of the molecule is CCC1CCC(Nc2cccc3ccncc23)CC1. The van der Waals surface area contributed by atoms with E-state index in [2.05, 4.69) is 41.5 Å². The zero-order chi connectivity index (χ0) is 13.1. The number of benzene rings is 1. The second-order valence-electron chi connectivity index (χ2n) is 5.67. The summed E-state index contributed by atoms with van der Waals surface area (Å²) in [7, 11) is 0. The van der Waals surface area contributed by atoms with Gasteiger partial charge in [0, 0.05) is 29.5 Å². The molecule has 0 bridgehead atoms. The molecule has 1 aromatic carbocycles. The summed E-state index contributed by atoms with van der Waals surface area (Å²) in [6, 6.07) is 9.16. The van der Waals surface area contributed by atoms with Crippen LogP contribution in [0.3, 0.4) is 0 Å². The Morgan fingerprint density at radius 1 is 1.16 bits per heavy atom. The molecule has 2 aromatic rings. The molecule has 0 spiro atoms. The molecule has 2 heteroatoms. The molecule has 1 aromatic heterocycles. The average Bonchev–Trinajstić information content (AvgIpc) is 2.48. The van der Waals surface area contributed by atoms with Gasteiger partial charge in [-0.3, -0.25) is 4.98 Å². The molecule has 19 heavy (non-hydrogen) atoms. The van der Waals surface area contributed by atoms with E-state index in [4.69, 9.17) is 0 Å². The molecule has 0 saturated heterocycles. The van der Waals surface area contributed by atoms with Crippen molar-refractivity contribution in [2.45, 2.75) is 45.1 Å². The third-order valence-electron chi connectivity index (χ3n) is 4.47. The maximum atomic E-state index is 4.25. The number of anilines is 1. The molecule has 1 heterocycles. The second-order valence-corrected chi connectivity index (χ2v) is 5.67. The van der Waals surface area contributed by atoms with Gasteiger partial charge in [0.05, 0.1) is 0 Å². The van der Waals surface area contributed by atoms with Crippen LogP contribution in [0.1, 0.15) is 39.0 Å². The molecule has 100 valence electrons. The summed E-state index contributed by atoms with van der Waals surface area (Å²) in [5.41, 5.74) is 1.24. The Labute approximate surface area is 115 Å². The molecule has 1 N–H and O–H groups in total. The van der Waals surface area contributed by atoms with Crippen LogP contribution in [0.2, 0.25) is 0 Å². The number of aromatic nitrogens is 1. The molecule has 1 saturated carbocycles. The van der Waals surface area contributed by atoms with Crippen LogP contribution < -0.4 is 5.32 Å². The molecule has 0 atom stereocenters. The number of hydrogen-bond acceptors (Lipinski definition) is 2. The fourth-order valence-corrected chi connectivity index (χ4v) is 3.17. The highest BCUT2D eigenvalue weighted by Crippen LogP contribution is 2.30. The Bertz CT molecular complexity index is 536. The number of hydrogen-bond donors (Lipinski definition) is 1. The Kier molecular flexibility index (Phi) is 3.67. The maximum absolute atomic E-state index is 4.25. The summed E-state index contributed by atoms with van der Waals surface area (Å²) in [4.78, 5) is 4.25. The van der Waals surface area contributed by atoms with Crippen molar-refractivity contribution in [1.29, 1.82) is 0 Å². The van der Waals surface area contributed by atoms with Crippen molar-refractivity contribution in [2.75, 3.05) is 5.32 Å². The lowest BCUT2D eigenvalue weighted by atomic mass is 9.84. The number of fused-ring (bicyclic) bond motifs is 1. The molecular weight excluding hydrogens is 232 g/mol. The van der Waals surface area contributed by atoms with Crippen molar-refractivity contribution < 1.29 is 0 Å². The van der Waals surface area contributed by atoms with E-state index < -0.39 is 0 Å². The summed E-state index contributed by atoms with van der Waals surface area (Å²) in [5.74, 6) is 0.951. The van der Waals surface area contributed by atoms with Crippen molar-refractivity contribution in [3.63, 3.8) is 0 Å². The fourth-order valence-electron chi connectivity index (χ4n) is 3.17. The summed E-state index contributed by atoms with van der Waals surface area (Å²) in [6.07, 6.45) is 10.5. The smallest absolute Gasteiger partial charge is 0.0437 e. The van der Waals surface area contributed by atoms with Gasteiger partial charge in [0.15, 0.2) is 0 Å². The predicted molar refractivity (Wildman–Crippen MR) is 81.4 cm³/mol. The summed E-state index contributed by atoms with van der Waals surface area (Å²) in [5, 5.41) is 6.23. The highest BCUT2D eigenvalue weighted by Gasteiger charge is 2.20. The maximum Gasteiger partial charge on any atom is 0.0437 e. The average molecular weight is 254 g/mol. The van der Waals surface area contributed by atoms with E-state index in [0.717, 1.165) is 5.92 Å². The Morgan fingerprint density at radius 3 is 2.79 bits per heavy atom. The van der Waals surface area contributed by atoms with E-state index >= 15 is 0 Å². The van der Waals surface area contributed by atoms with Gasteiger partial charge in [0.1, 0.15) is 0 Å². The van der Waals surface area contributed by atoms with E-state index in [-0.39, 0.29) is 0 Å². The summed E-state index contributed by atoms with van der Waals surface area (Å²) in [6.45, 7) is 2.31. The summed E-state index contributed by atoms with van der Waals surface area (Å²) >= 11 is 0. The third-order valence-corrected chi connectivity index (χ3v) is 4.47. The molecule has 2 nitrogen and oxygen atoms in total. The van der Waals surface area contributed by atoms with E-state index in [1.807, 2.05) is 12.4 Å². The van der Waals surface area contributed by atoms with Gasteiger partial charge in [-0.25, -0.2) is 0 Å². The van der Waals surface area contributed by atoms with Crippen LogP contribution in [0, 0.1) is 5.92 Å². The highest BCUT2D eigenvalue weighted by atomic mass is 14.9. The van der Waals surface area contributed by atoms with Gasteiger partial charge in [-0.05, 0) is 49.1 Å². The Hall–Kier alpha value is -1.57. The van der Waals surface area contributed by atoms with Crippen LogP contribution in [-0.2, 0) is 0 Å². The number of pyridine rings is 1. The standard InChI is InChI=1S/C17H22N2/c1-2-13-6-8-15(9-7-13)19-17-5-3-4-14-10-11-18-12-16(14)17/h3-5,10-13,15,19H,2,6-9H2,1H3. The van der Waals surface area contributed by atoms with Crippen LogP contribution in [0.5, 0.6) is 0 Å². The molecule has 1 aliphatic rings. The zero-order valence-electron chi connectivity index (χ0n) is 11.6. The zero-order valence-corrected chi connectivity index (χ0v) is 11.6. The Morgan fingerprint density at radius 2 is 2.00 bits per heavy atom. The van der Waals surface area contributed by atoms with Gasteiger partial charge in [-0.2, -0.15) is 0 Å². The van der Waals surface area contributed by atoms with Crippen LogP contribution in [0.25, 0.3) is 10.8 Å². The first-order valence-corrected chi connectivity index (χ1v) is 7.46. The van der Waals surface area contributed by atoms with Crippen molar-refractivity contribution in [1.82, 2.24) is 4.98 Å². The molecule has 0 unspecified atom stereocenters. The fraction of sp³-hybridized carbons (Fsp3) is 0.471. The van der Waals surface area contributed by atoms with Gasteiger partial charge < -0.3 is 5.32 Å². The minimum Gasteiger partial charge on any atom is -0.382 e. The molecule has 0 aliphatic heterocycles. The quantitative estimate of drug-likeness (QED) is 0.864. The minimum atomic E-state index is 0.633. The van der Waals surface area contributed by atoms with Crippen molar-refractivity contribution in [3.8, 4) is 0 Å². The normalized spacial score (nSPS) is 23.4. The monoisotopic (exact) mass is 254 g/mol. The van der Waals surface area contributed by atoms with Crippen molar-refractivity contribution in [3.05, 3.63) is 36.7 Å². The largest absolute Gasteiger partial charge is 0.382 e. The molecular formula is C17H22N2. The molecule has 1 aliphatic carbocycles. The number of rotatable bonds is 3. The van der Waals surface area contributed by atoms with Crippen LogP contribution in [0.4, 0.5) is 5.69 Å². The van der Waals surface area contributed by atoms with Gasteiger partial charge in [0.2, 0.25) is 0 Å². The molecule has 3 rings (SSSR count). The van der Waals surface area contributed by atoms with Crippen LogP contribution in [0.15, 0.2) is 36.7 Å². The van der Waals surface area contributed by atoms with Gasteiger partial charge in [-0.15, -0.1) is 0 Å². The molecule has 0 radical (unpaired) electrons. The first-order chi connectivity index (χ1) is 9.36. The predicted octanol–water partition coefficient (Wildman–Crippen LogP) is 4.62. The number of nitrogens with zero attached hydrogens (tertiary/aromatic N) is 1. The lowest BCUT2D eigenvalue weighted by molar-refractivity contribution is 0.330. The summed E-state index contributed by atoms with van der Waals surface area (Å²) < 4.78 is 0. The molecule has 0 amide bonds. The van der Waals surface area contributed by atoms with E-state index in [9.17, 15) is 0 Å². The second kappa shape index (κ2) is 5.60. The lowest BCUT2D eigenvalue weighted by Gasteiger charge is -2.29. The highest BCUT2D eigenvalue weighted by molar-refractivity contribution is 5.93. The van der Waals surface area contributed by atoms with Gasteiger partial charge >= 0.3 is 0 Å². The molecule has 1 fully saturated rings. The van der Waals surface area contributed by atoms with Gasteiger partial charge in [0.25, 0.3) is 0 Å². The first kappa shape index (κ1) is 12.5. The van der Waals surface area contributed by atoms with E-state index in [1.54, 1.807) is 0 Å². The number of nitrogens with one attached hydrogen (secondary N) is 1. The van der Waals surface area contributed by atoms with Gasteiger partial charge in [-0.1, -0.05) is 25.5 Å². The Balaban J connectivity index is 1.75. The topological polar surface area (TPSA) is 24.9 Å². The van der Waals surface area contributed by atoms with Crippen LogP contribution >= 0.6 is 0 Å². The lowest BCUT2D eigenvalue weighted by Crippen LogP contribution is -2.25. The third kappa shape index (κ3) is 2.73. The van der Waals surface area contributed by atoms with Crippen molar-refractivity contribution in [2.24, 2.45) is 5.92 Å². The minimum absolute atomic E-state index is 0.633. The first-order valence-electron chi connectivity index (χ1n) is 7.46.